The lowest BCUT2D eigenvalue weighted by molar-refractivity contribution is 0.415. The lowest BCUT2D eigenvalue weighted by atomic mass is 10.2. The second-order valence-corrected chi connectivity index (χ2v) is 4.12. The number of nitrogens with zero attached hydrogens (tertiary/aromatic N) is 2. The van der Waals surface area contributed by atoms with Crippen molar-refractivity contribution in [2.75, 3.05) is 12.4 Å². The predicted octanol–water partition coefficient (Wildman–Crippen LogP) is 3.38. The Morgan fingerprint density at radius 2 is 2.00 bits per heavy atom. The standard InChI is InChI=1S/C15H13N3O/c1-19-13-6-4-11-5-7-15(18-14(11)9-13)17-12-3-2-8-16-10-12/h2-10H,1H3,(H,17,18). The van der Waals surface area contributed by atoms with E-state index >= 15 is 0 Å². The number of ether oxygens (including phenoxy) is 1. The van der Waals surface area contributed by atoms with Crippen molar-refractivity contribution >= 4 is 22.4 Å². The van der Waals surface area contributed by atoms with Gasteiger partial charge in [0.05, 0.1) is 24.5 Å². The average molecular weight is 251 g/mol. The minimum Gasteiger partial charge on any atom is -0.497 e. The van der Waals surface area contributed by atoms with Crippen LogP contribution in [-0.2, 0) is 0 Å². The fourth-order valence-electron chi connectivity index (χ4n) is 1.88. The molecule has 4 heteroatoms. The number of hydrogen-bond acceptors (Lipinski definition) is 4. The second-order valence-electron chi connectivity index (χ2n) is 4.12. The van der Waals surface area contributed by atoms with Crippen molar-refractivity contribution in [1.82, 2.24) is 9.97 Å². The Bertz CT molecular complexity index is 698. The van der Waals surface area contributed by atoms with E-state index in [9.17, 15) is 0 Å². The molecular formula is C15H13N3O. The third-order valence-electron chi connectivity index (χ3n) is 2.83. The summed E-state index contributed by atoms with van der Waals surface area (Å²) in [5, 5.41) is 4.30. The molecule has 0 bridgehead atoms. The molecule has 0 aliphatic rings. The zero-order chi connectivity index (χ0) is 13.1. The quantitative estimate of drug-likeness (QED) is 0.775. The summed E-state index contributed by atoms with van der Waals surface area (Å²) in [7, 11) is 1.65. The molecule has 0 unspecified atom stereocenters. The van der Waals surface area contributed by atoms with E-state index in [0.717, 1.165) is 28.2 Å². The molecule has 94 valence electrons. The maximum absolute atomic E-state index is 5.21. The van der Waals surface area contributed by atoms with Crippen LogP contribution in [0.25, 0.3) is 10.9 Å². The van der Waals surface area contributed by atoms with Crippen molar-refractivity contribution in [1.29, 1.82) is 0 Å². The summed E-state index contributed by atoms with van der Waals surface area (Å²) in [6, 6.07) is 13.6. The zero-order valence-corrected chi connectivity index (χ0v) is 10.5. The Balaban J connectivity index is 1.96. The first-order valence-electron chi connectivity index (χ1n) is 5.97. The molecule has 0 atom stereocenters. The SMILES string of the molecule is COc1ccc2ccc(Nc3cccnc3)nc2c1. The molecule has 1 aromatic carbocycles. The largest absolute Gasteiger partial charge is 0.497 e. The van der Waals surface area contributed by atoms with E-state index in [4.69, 9.17) is 4.74 Å². The van der Waals surface area contributed by atoms with E-state index in [1.807, 2.05) is 42.5 Å². The molecule has 0 fully saturated rings. The summed E-state index contributed by atoms with van der Waals surface area (Å²) in [4.78, 5) is 8.62. The van der Waals surface area contributed by atoms with E-state index in [-0.39, 0.29) is 0 Å². The third-order valence-corrected chi connectivity index (χ3v) is 2.83. The summed E-state index contributed by atoms with van der Waals surface area (Å²) in [5.41, 5.74) is 1.81. The van der Waals surface area contributed by atoms with Crippen LogP contribution in [-0.4, -0.2) is 17.1 Å². The highest BCUT2D eigenvalue weighted by Crippen LogP contribution is 2.22. The number of benzene rings is 1. The number of hydrogen-bond donors (Lipinski definition) is 1. The average Bonchev–Trinajstić information content (AvgIpc) is 2.47. The van der Waals surface area contributed by atoms with Gasteiger partial charge in [-0.1, -0.05) is 0 Å². The second kappa shape index (κ2) is 4.94. The highest BCUT2D eigenvalue weighted by Gasteiger charge is 2.01. The summed E-state index contributed by atoms with van der Waals surface area (Å²) >= 11 is 0. The van der Waals surface area contributed by atoms with Crippen molar-refractivity contribution in [3.63, 3.8) is 0 Å². The molecule has 0 spiro atoms. The normalized spacial score (nSPS) is 10.4. The van der Waals surface area contributed by atoms with Gasteiger partial charge in [0.2, 0.25) is 0 Å². The Morgan fingerprint density at radius 1 is 1.11 bits per heavy atom. The van der Waals surface area contributed by atoms with Crippen molar-refractivity contribution in [3.8, 4) is 5.75 Å². The van der Waals surface area contributed by atoms with Crippen molar-refractivity contribution in [2.24, 2.45) is 0 Å². The number of rotatable bonds is 3. The molecule has 19 heavy (non-hydrogen) atoms. The van der Waals surface area contributed by atoms with Crippen molar-refractivity contribution in [3.05, 3.63) is 54.9 Å². The Morgan fingerprint density at radius 3 is 2.79 bits per heavy atom. The van der Waals surface area contributed by atoms with Gasteiger partial charge in [-0.2, -0.15) is 0 Å². The van der Waals surface area contributed by atoms with Crippen LogP contribution in [0.4, 0.5) is 11.5 Å². The van der Waals surface area contributed by atoms with E-state index < -0.39 is 0 Å². The highest BCUT2D eigenvalue weighted by molar-refractivity contribution is 5.82. The van der Waals surface area contributed by atoms with Gasteiger partial charge in [0.25, 0.3) is 0 Å². The number of methoxy groups -OCH3 is 1. The maximum atomic E-state index is 5.21. The molecule has 2 heterocycles. The van der Waals surface area contributed by atoms with Gasteiger partial charge in [-0.15, -0.1) is 0 Å². The first kappa shape index (κ1) is 11.5. The molecule has 3 rings (SSSR count). The summed E-state index contributed by atoms with van der Waals surface area (Å²) in [5.74, 6) is 1.59. The predicted molar refractivity (Wildman–Crippen MR) is 75.8 cm³/mol. The van der Waals surface area contributed by atoms with Gasteiger partial charge >= 0.3 is 0 Å². The first-order chi connectivity index (χ1) is 9.35. The van der Waals surface area contributed by atoms with Gasteiger partial charge in [0, 0.05) is 17.6 Å². The topological polar surface area (TPSA) is 47.0 Å². The lowest BCUT2D eigenvalue weighted by Crippen LogP contribution is -1.94. The van der Waals surface area contributed by atoms with Crippen LogP contribution in [0, 0.1) is 0 Å². The van der Waals surface area contributed by atoms with Gasteiger partial charge in [-0.05, 0) is 36.4 Å². The molecule has 0 aliphatic heterocycles. The molecule has 1 N–H and O–H groups in total. The van der Waals surface area contributed by atoms with Crippen LogP contribution in [0.3, 0.4) is 0 Å². The Labute approximate surface area is 111 Å². The van der Waals surface area contributed by atoms with Crippen LogP contribution in [0.1, 0.15) is 0 Å². The minimum atomic E-state index is 0.786. The molecule has 0 saturated carbocycles. The number of fused-ring (bicyclic) bond motifs is 1. The van der Waals surface area contributed by atoms with Gasteiger partial charge in [0.1, 0.15) is 11.6 Å². The van der Waals surface area contributed by atoms with E-state index in [0.29, 0.717) is 0 Å². The van der Waals surface area contributed by atoms with E-state index in [1.54, 1.807) is 19.5 Å². The molecule has 2 aromatic heterocycles. The number of aromatic nitrogens is 2. The number of nitrogens with one attached hydrogen (secondary N) is 1. The molecule has 4 nitrogen and oxygen atoms in total. The fourth-order valence-corrected chi connectivity index (χ4v) is 1.88. The van der Waals surface area contributed by atoms with Crippen LogP contribution in [0.5, 0.6) is 5.75 Å². The lowest BCUT2D eigenvalue weighted by Gasteiger charge is -2.07. The number of anilines is 2. The van der Waals surface area contributed by atoms with Crippen molar-refractivity contribution < 1.29 is 4.74 Å². The molecular weight excluding hydrogens is 238 g/mol. The van der Waals surface area contributed by atoms with Gasteiger partial charge in [-0.25, -0.2) is 4.98 Å². The van der Waals surface area contributed by atoms with Crippen LogP contribution in [0.2, 0.25) is 0 Å². The van der Waals surface area contributed by atoms with Gasteiger partial charge in [0.15, 0.2) is 0 Å². The van der Waals surface area contributed by atoms with E-state index in [1.165, 1.54) is 0 Å². The summed E-state index contributed by atoms with van der Waals surface area (Å²) in [6.07, 6.45) is 3.50. The third kappa shape index (κ3) is 2.47. The van der Waals surface area contributed by atoms with Crippen LogP contribution < -0.4 is 10.1 Å². The Kier molecular flexibility index (Phi) is 2.98. The smallest absolute Gasteiger partial charge is 0.131 e. The summed E-state index contributed by atoms with van der Waals surface area (Å²) in [6.45, 7) is 0. The molecule has 0 saturated heterocycles. The van der Waals surface area contributed by atoms with Crippen molar-refractivity contribution in [2.45, 2.75) is 0 Å². The number of pyridine rings is 2. The Hall–Kier alpha value is -2.62. The first-order valence-corrected chi connectivity index (χ1v) is 5.97. The highest BCUT2D eigenvalue weighted by atomic mass is 16.5. The minimum absolute atomic E-state index is 0.786. The fraction of sp³-hybridized carbons (Fsp3) is 0.0667. The van der Waals surface area contributed by atoms with Gasteiger partial charge < -0.3 is 10.1 Å². The van der Waals surface area contributed by atoms with E-state index in [2.05, 4.69) is 15.3 Å². The summed E-state index contributed by atoms with van der Waals surface area (Å²) < 4.78 is 5.21. The molecule has 3 aromatic rings. The monoisotopic (exact) mass is 251 g/mol. The van der Waals surface area contributed by atoms with Crippen LogP contribution >= 0.6 is 0 Å². The zero-order valence-electron chi connectivity index (χ0n) is 10.5. The van der Waals surface area contributed by atoms with Gasteiger partial charge in [-0.3, -0.25) is 4.98 Å². The maximum Gasteiger partial charge on any atom is 0.131 e. The van der Waals surface area contributed by atoms with Crippen LogP contribution in [0.15, 0.2) is 54.9 Å². The molecule has 0 amide bonds. The molecule has 0 aliphatic carbocycles. The molecule has 0 radical (unpaired) electrons.